The highest BCUT2D eigenvalue weighted by Crippen LogP contribution is 2.38. The number of rotatable bonds is 0. The van der Waals surface area contributed by atoms with Gasteiger partial charge in [0.1, 0.15) is 5.78 Å². The molecule has 2 atom stereocenters. The Morgan fingerprint density at radius 1 is 1.33 bits per heavy atom. The van der Waals surface area contributed by atoms with E-state index >= 15 is 0 Å². The van der Waals surface area contributed by atoms with E-state index in [2.05, 4.69) is 25.7 Å². The zero-order chi connectivity index (χ0) is 11.6. The molecule has 0 radical (unpaired) electrons. The number of carbonyl (C=O) groups is 1. The Kier molecular flexibility index (Phi) is 3.42. The van der Waals surface area contributed by atoms with Gasteiger partial charge in [0, 0.05) is 18.5 Å². The van der Waals surface area contributed by atoms with Gasteiger partial charge in [-0.2, -0.15) is 9.59 Å². The van der Waals surface area contributed by atoms with E-state index in [-0.39, 0.29) is 17.7 Å². The molecule has 84 valence electrons. The van der Waals surface area contributed by atoms with Crippen LogP contribution in [-0.4, -0.2) is 35.0 Å². The number of hydrogen-bond acceptors (Lipinski definition) is 4. The number of likely N-dealkylation sites (tertiary alicyclic amines) is 1. The van der Waals surface area contributed by atoms with Crippen molar-refractivity contribution in [1.82, 2.24) is 4.90 Å². The zero-order valence-electron chi connectivity index (χ0n) is 9.45. The first kappa shape index (κ1) is 12.1. The van der Waals surface area contributed by atoms with Crippen LogP contribution in [-0.2, 0) is 14.4 Å². The second-order valence-corrected chi connectivity index (χ2v) is 5.19. The summed E-state index contributed by atoms with van der Waals surface area (Å²) in [5.41, 5.74) is 0.176. The van der Waals surface area contributed by atoms with Crippen LogP contribution < -0.4 is 0 Å². The van der Waals surface area contributed by atoms with E-state index < -0.39 is 0 Å². The van der Waals surface area contributed by atoms with E-state index in [1.165, 1.54) is 0 Å². The molecular formula is C11H17NO3. The molecule has 1 saturated carbocycles. The number of fused-ring (bicyclic) bond motifs is 2. The molecule has 1 aliphatic carbocycles. The first-order chi connectivity index (χ1) is 6.90. The molecule has 4 heteroatoms. The van der Waals surface area contributed by atoms with Gasteiger partial charge in [-0.1, -0.05) is 0 Å². The van der Waals surface area contributed by atoms with Gasteiger partial charge in [0.2, 0.25) is 0 Å². The third kappa shape index (κ3) is 2.52. The number of carbonyl (C=O) groups excluding carboxylic acids is 3. The maximum absolute atomic E-state index is 11.5. The first-order valence-electron chi connectivity index (χ1n) is 5.19. The van der Waals surface area contributed by atoms with E-state index in [1.54, 1.807) is 0 Å². The standard InChI is InChI=1S/C10H17NO.CO2/c1-10(2,3)11-6-7-4-8(11)9(12)5-7;2-1-3/h7-8H,4-6H2,1-3H3;. The predicted molar refractivity (Wildman–Crippen MR) is 53.0 cm³/mol. The van der Waals surface area contributed by atoms with Gasteiger partial charge in [-0.25, -0.2) is 0 Å². The van der Waals surface area contributed by atoms with Crippen LogP contribution in [0, 0.1) is 5.92 Å². The van der Waals surface area contributed by atoms with Crippen molar-refractivity contribution in [2.75, 3.05) is 6.54 Å². The van der Waals surface area contributed by atoms with Crippen molar-refractivity contribution in [3.63, 3.8) is 0 Å². The molecule has 2 unspecified atom stereocenters. The van der Waals surface area contributed by atoms with E-state index in [0.29, 0.717) is 11.7 Å². The zero-order valence-corrected chi connectivity index (χ0v) is 9.45. The maximum Gasteiger partial charge on any atom is 0.373 e. The summed E-state index contributed by atoms with van der Waals surface area (Å²) in [4.78, 5) is 30.1. The molecular weight excluding hydrogens is 194 g/mol. The van der Waals surface area contributed by atoms with Gasteiger partial charge >= 0.3 is 6.15 Å². The molecule has 2 aliphatic rings. The molecule has 0 spiro atoms. The summed E-state index contributed by atoms with van der Waals surface area (Å²) in [6, 6.07) is 0.259. The maximum atomic E-state index is 11.5. The SMILES string of the molecule is CC(C)(C)N1CC2CC(=O)C1C2.O=C=O. The van der Waals surface area contributed by atoms with Crippen molar-refractivity contribution in [2.24, 2.45) is 5.92 Å². The van der Waals surface area contributed by atoms with Crippen LogP contribution in [0.25, 0.3) is 0 Å². The van der Waals surface area contributed by atoms with Crippen molar-refractivity contribution in [3.8, 4) is 0 Å². The van der Waals surface area contributed by atoms with E-state index in [4.69, 9.17) is 9.59 Å². The predicted octanol–water partition coefficient (Wildman–Crippen LogP) is 0.865. The summed E-state index contributed by atoms with van der Waals surface area (Å²) in [6.07, 6.45) is 2.22. The van der Waals surface area contributed by atoms with Gasteiger partial charge in [0.05, 0.1) is 6.04 Å². The fourth-order valence-electron chi connectivity index (χ4n) is 2.54. The van der Waals surface area contributed by atoms with Crippen molar-refractivity contribution >= 4 is 11.9 Å². The van der Waals surface area contributed by atoms with Crippen LogP contribution in [0.1, 0.15) is 33.6 Å². The lowest BCUT2D eigenvalue weighted by Gasteiger charge is -2.37. The molecule has 1 heterocycles. The summed E-state index contributed by atoms with van der Waals surface area (Å²) >= 11 is 0. The number of piperidine rings is 1. The quantitative estimate of drug-likeness (QED) is 0.596. The Morgan fingerprint density at radius 2 is 1.87 bits per heavy atom. The number of Topliss-reactive ketones (excluding diaryl/α,β-unsaturated/α-hetero) is 1. The fourth-order valence-corrected chi connectivity index (χ4v) is 2.54. The summed E-state index contributed by atoms with van der Waals surface area (Å²) in [6.45, 7) is 7.73. The Balaban J connectivity index is 0.000000337. The third-order valence-corrected chi connectivity index (χ3v) is 3.11. The smallest absolute Gasteiger partial charge is 0.298 e. The average molecular weight is 211 g/mol. The Labute approximate surface area is 89.6 Å². The Bertz CT molecular complexity index is 287. The van der Waals surface area contributed by atoms with Crippen molar-refractivity contribution in [2.45, 2.75) is 45.2 Å². The lowest BCUT2D eigenvalue weighted by Crippen LogP contribution is -2.49. The topological polar surface area (TPSA) is 54.5 Å². The van der Waals surface area contributed by atoms with Crippen LogP contribution in [0.3, 0.4) is 0 Å². The average Bonchev–Trinajstić information content (AvgIpc) is 2.61. The highest BCUT2D eigenvalue weighted by atomic mass is 16.2. The highest BCUT2D eigenvalue weighted by Gasteiger charge is 2.47. The van der Waals surface area contributed by atoms with Crippen LogP contribution >= 0.6 is 0 Å². The van der Waals surface area contributed by atoms with Gasteiger partial charge < -0.3 is 0 Å². The van der Waals surface area contributed by atoms with E-state index in [0.717, 1.165) is 19.4 Å². The van der Waals surface area contributed by atoms with Crippen molar-refractivity contribution < 1.29 is 14.4 Å². The molecule has 1 aliphatic heterocycles. The molecule has 2 bridgehead atoms. The molecule has 0 aromatic rings. The van der Waals surface area contributed by atoms with Crippen molar-refractivity contribution in [1.29, 1.82) is 0 Å². The highest BCUT2D eigenvalue weighted by molar-refractivity contribution is 5.87. The fraction of sp³-hybridized carbons (Fsp3) is 0.818. The molecule has 0 N–H and O–H groups in total. The molecule has 2 fully saturated rings. The Morgan fingerprint density at radius 3 is 2.13 bits per heavy atom. The van der Waals surface area contributed by atoms with Crippen LogP contribution in [0.5, 0.6) is 0 Å². The molecule has 1 saturated heterocycles. The molecule has 4 nitrogen and oxygen atoms in total. The summed E-state index contributed by atoms with van der Waals surface area (Å²) in [5, 5.41) is 0. The van der Waals surface area contributed by atoms with E-state index in [9.17, 15) is 4.79 Å². The lowest BCUT2D eigenvalue weighted by molar-refractivity contribution is -0.191. The minimum atomic E-state index is 0.176. The van der Waals surface area contributed by atoms with Crippen molar-refractivity contribution in [3.05, 3.63) is 0 Å². The number of nitrogens with zero attached hydrogens (tertiary/aromatic N) is 1. The summed E-state index contributed by atoms with van der Waals surface area (Å²) in [7, 11) is 0. The van der Waals surface area contributed by atoms with Gasteiger partial charge in [-0.3, -0.25) is 9.69 Å². The second-order valence-electron chi connectivity index (χ2n) is 5.19. The van der Waals surface area contributed by atoms with Crippen LogP contribution in [0.15, 0.2) is 0 Å². The molecule has 0 aromatic carbocycles. The largest absolute Gasteiger partial charge is 0.373 e. The summed E-state index contributed by atoms with van der Waals surface area (Å²) < 4.78 is 0. The minimum absolute atomic E-state index is 0.176. The third-order valence-electron chi connectivity index (χ3n) is 3.11. The molecule has 15 heavy (non-hydrogen) atoms. The first-order valence-corrected chi connectivity index (χ1v) is 5.19. The number of hydrogen-bond donors (Lipinski definition) is 0. The lowest BCUT2D eigenvalue weighted by atomic mass is 10.0. The van der Waals surface area contributed by atoms with E-state index in [1.807, 2.05) is 0 Å². The number of ketones is 1. The minimum Gasteiger partial charge on any atom is -0.298 e. The van der Waals surface area contributed by atoms with Crippen LogP contribution in [0.4, 0.5) is 0 Å². The molecule has 0 amide bonds. The van der Waals surface area contributed by atoms with Gasteiger partial charge in [-0.05, 0) is 33.1 Å². The van der Waals surface area contributed by atoms with Gasteiger partial charge in [-0.15, -0.1) is 0 Å². The van der Waals surface area contributed by atoms with Crippen LogP contribution in [0.2, 0.25) is 0 Å². The second kappa shape index (κ2) is 4.25. The normalized spacial score (nSPS) is 29.7. The molecule has 2 rings (SSSR count). The summed E-state index contributed by atoms with van der Waals surface area (Å²) in [5.74, 6) is 1.14. The van der Waals surface area contributed by atoms with Gasteiger partial charge in [0.15, 0.2) is 0 Å². The van der Waals surface area contributed by atoms with Gasteiger partial charge in [0.25, 0.3) is 0 Å². The molecule has 0 aromatic heterocycles. The Hall–Kier alpha value is -0.990. The monoisotopic (exact) mass is 211 g/mol.